The molecule has 0 radical (unpaired) electrons. The van der Waals surface area contributed by atoms with Crippen LogP contribution in [0.15, 0.2) is 60.9 Å². The average Bonchev–Trinajstić information content (AvgIpc) is 3.40. The van der Waals surface area contributed by atoms with Crippen LogP contribution in [0.2, 0.25) is 0 Å². The zero-order chi connectivity index (χ0) is 21.8. The monoisotopic (exact) mass is 627 g/mol. The summed E-state index contributed by atoms with van der Waals surface area (Å²) in [7, 11) is 0. The average molecular weight is 628 g/mol. The fourth-order valence-corrected chi connectivity index (χ4v) is 4.56. The number of pyridine rings is 2. The third-order valence-electron chi connectivity index (χ3n) is 4.37. The maximum absolute atomic E-state index is 4.32. The Morgan fingerprint density at radius 3 is 1.29 bits per heavy atom. The third kappa shape index (κ3) is 7.20. The van der Waals surface area contributed by atoms with E-state index in [0.29, 0.717) is 0 Å². The van der Waals surface area contributed by atoms with Crippen LogP contribution in [0.4, 0.5) is 0 Å². The van der Waals surface area contributed by atoms with Crippen molar-refractivity contribution in [3.8, 4) is 21.1 Å². The topological polar surface area (TPSA) is 25.8 Å². The van der Waals surface area contributed by atoms with E-state index in [1.54, 1.807) is 22.7 Å². The summed E-state index contributed by atoms with van der Waals surface area (Å²) in [6.07, 6.45) is 3.64. The molecule has 0 bridgehead atoms. The van der Waals surface area contributed by atoms with Crippen molar-refractivity contribution in [2.75, 3.05) is 0 Å². The zero-order valence-corrected chi connectivity index (χ0v) is 22.7. The van der Waals surface area contributed by atoms with Gasteiger partial charge in [-0.3, -0.25) is 0 Å². The minimum atomic E-state index is 0. The number of hydrogen-bond donors (Lipinski definition) is 0. The van der Waals surface area contributed by atoms with E-state index in [0.717, 1.165) is 21.1 Å². The molecule has 0 spiro atoms. The predicted octanol–water partition coefficient (Wildman–Crippen LogP) is 7.81. The van der Waals surface area contributed by atoms with Gasteiger partial charge in [0.15, 0.2) is 0 Å². The molecule has 4 aromatic rings. The summed E-state index contributed by atoms with van der Waals surface area (Å²) in [6, 6.07) is 22.6. The quantitative estimate of drug-likeness (QED) is 0.212. The zero-order valence-electron chi connectivity index (χ0n) is 18.8. The molecule has 164 valence electrons. The van der Waals surface area contributed by atoms with Gasteiger partial charge in [0.1, 0.15) is 0 Å². The summed E-state index contributed by atoms with van der Waals surface area (Å²) in [5.74, 6) is 0. The summed E-state index contributed by atoms with van der Waals surface area (Å²) in [5, 5.41) is 0. The van der Waals surface area contributed by atoms with Gasteiger partial charge in [0.05, 0.1) is 0 Å². The smallest absolute Gasteiger partial charge is 0.319 e. The molecule has 31 heavy (non-hydrogen) atoms. The fraction of sp³-hybridized carbons (Fsp3) is 0.308. The van der Waals surface area contributed by atoms with Gasteiger partial charge in [-0.2, -0.15) is 24.3 Å². The normalized spacial score (nSPS) is 11.3. The van der Waals surface area contributed by atoms with E-state index in [-0.39, 0.29) is 31.9 Å². The van der Waals surface area contributed by atoms with Crippen LogP contribution in [0.25, 0.3) is 21.1 Å². The molecule has 0 fully saturated rings. The molecule has 0 saturated heterocycles. The van der Waals surface area contributed by atoms with E-state index in [4.69, 9.17) is 0 Å². The molecule has 0 aliphatic heterocycles. The molecule has 0 atom stereocenters. The first-order chi connectivity index (χ1) is 14.1. The first kappa shape index (κ1) is 25.6. The number of thiophene rings is 2. The van der Waals surface area contributed by atoms with Crippen molar-refractivity contribution in [3.05, 3.63) is 82.8 Å². The van der Waals surface area contributed by atoms with Gasteiger partial charge in [0, 0.05) is 12.4 Å². The predicted molar refractivity (Wildman–Crippen MR) is 130 cm³/mol. The van der Waals surface area contributed by atoms with Gasteiger partial charge in [-0.1, -0.05) is 85.3 Å². The van der Waals surface area contributed by atoms with Crippen molar-refractivity contribution in [2.24, 2.45) is 0 Å². The number of rotatable bonds is 2. The van der Waals surface area contributed by atoms with Crippen LogP contribution in [0, 0.1) is 12.1 Å². The van der Waals surface area contributed by atoms with E-state index in [1.165, 1.54) is 9.75 Å². The minimum absolute atomic E-state index is 0. The molecule has 4 heterocycles. The van der Waals surface area contributed by atoms with Crippen molar-refractivity contribution in [1.82, 2.24) is 9.97 Å². The van der Waals surface area contributed by atoms with Crippen LogP contribution in [-0.2, 0) is 31.9 Å². The standard InChI is InChI=1S/2C13H14NS.Pt/c2*1-13(2,3)12-8-7-11(15-12)10-6-4-5-9-14-10;/h2*4-6,8-9H,1-3H3;/q2*-1;+2. The van der Waals surface area contributed by atoms with Crippen LogP contribution in [0.3, 0.4) is 0 Å². The van der Waals surface area contributed by atoms with Crippen LogP contribution < -0.4 is 0 Å². The summed E-state index contributed by atoms with van der Waals surface area (Å²) < 4.78 is 0. The van der Waals surface area contributed by atoms with Gasteiger partial charge in [-0.25, -0.2) is 22.7 Å². The van der Waals surface area contributed by atoms with Crippen LogP contribution in [-0.4, -0.2) is 9.97 Å². The molecular weight excluding hydrogens is 600 g/mol. The van der Waals surface area contributed by atoms with Crippen molar-refractivity contribution in [1.29, 1.82) is 0 Å². The van der Waals surface area contributed by atoms with Gasteiger partial charge in [-0.05, 0) is 34.4 Å². The van der Waals surface area contributed by atoms with Gasteiger partial charge in [0.25, 0.3) is 0 Å². The van der Waals surface area contributed by atoms with Crippen molar-refractivity contribution in [3.63, 3.8) is 0 Å². The first-order valence-electron chi connectivity index (χ1n) is 10.0. The minimum Gasteiger partial charge on any atom is -0.319 e. The third-order valence-corrected chi connectivity index (χ3v) is 7.33. The molecule has 0 N–H and O–H groups in total. The molecule has 0 aliphatic rings. The molecular formula is C26H28N2PtS2. The summed E-state index contributed by atoms with van der Waals surface area (Å²) in [5.41, 5.74) is 2.43. The molecule has 4 aromatic heterocycles. The van der Waals surface area contributed by atoms with Crippen molar-refractivity contribution in [2.45, 2.75) is 52.4 Å². The Bertz CT molecular complexity index is 968. The Kier molecular flexibility index (Phi) is 8.94. The SMILES string of the molecule is CC(C)(C)c1c[c-]c(-c2ccccn2)s1.CC(C)(C)c1c[c-]c(-c2ccccn2)s1.[Pt+2]. The number of hydrogen-bond acceptors (Lipinski definition) is 4. The Balaban J connectivity index is 0.000000213. The van der Waals surface area contributed by atoms with E-state index in [9.17, 15) is 0 Å². The number of nitrogens with zero attached hydrogens (tertiary/aromatic N) is 2. The van der Waals surface area contributed by atoms with E-state index < -0.39 is 0 Å². The van der Waals surface area contributed by atoms with Crippen LogP contribution in [0.5, 0.6) is 0 Å². The molecule has 4 rings (SSSR count). The molecule has 0 amide bonds. The molecule has 0 aliphatic carbocycles. The Hall–Kier alpha value is -1.61. The van der Waals surface area contributed by atoms with Crippen molar-refractivity contribution < 1.29 is 21.1 Å². The molecule has 0 saturated carbocycles. The van der Waals surface area contributed by atoms with Crippen LogP contribution >= 0.6 is 22.7 Å². The van der Waals surface area contributed by atoms with E-state index in [1.807, 2.05) is 48.8 Å². The summed E-state index contributed by atoms with van der Waals surface area (Å²) in [6.45, 7) is 13.3. The Morgan fingerprint density at radius 1 is 0.645 bits per heavy atom. The van der Waals surface area contributed by atoms with Gasteiger partial charge in [0.2, 0.25) is 0 Å². The summed E-state index contributed by atoms with van der Waals surface area (Å²) >= 11 is 3.55. The second-order valence-corrected chi connectivity index (χ2v) is 11.2. The van der Waals surface area contributed by atoms with Crippen LogP contribution in [0.1, 0.15) is 51.3 Å². The number of aromatic nitrogens is 2. The molecule has 5 heteroatoms. The summed E-state index contributed by atoms with van der Waals surface area (Å²) in [4.78, 5) is 13.6. The van der Waals surface area contributed by atoms with Gasteiger partial charge < -0.3 is 9.97 Å². The Labute approximate surface area is 209 Å². The maximum Gasteiger partial charge on any atom is 2.00 e. The van der Waals surface area contributed by atoms with E-state index in [2.05, 4.69) is 75.8 Å². The fourth-order valence-electron chi connectivity index (χ4n) is 2.59. The van der Waals surface area contributed by atoms with Gasteiger partial charge in [-0.15, -0.1) is 0 Å². The largest absolute Gasteiger partial charge is 2.00 e. The molecule has 0 aromatic carbocycles. The molecule has 0 unspecified atom stereocenters. The van der Waals surface area contributed by atoms with Crippen molar-refractivity contribution >= 4 is 22.7 Å². The van der Waals surface area contributed by atoms with Gasteiger partial charge >= 0.3 is 21.1 Å². The van der Waals surface area contributed by atoms with E-state index >= 15 is 0 Å². The first-order valence-corrected chi connectivity index (χ1v) is 11.6. The maximum atomic E-state index is 4.32. The Morgan fingerprint density at radius 2 is 1.03 bits per heavy atom. The second-order valence-electron chi connectivity index (χ2n) is 9.10. The molecule has 2 nitrogen and oxygen atoms in total. The second kappa shape index (κ2) is 10.8.